The lowest BCUT2D eigenvalue weighted by molar-refractivity contribution is -0.136. The van der Waals surface area contributed by atoms with Gasteiger partial charge in [-0.1, -0.05) is 74.5 Å². The molecule has 30 heavy (non-hydrogen) atoms. The number of carbonyl (C=O) groups is 2. The normalized spacial score (nSPS) is 14.2. The van der Waals surface area contributed by atoms with E-state index in [-0.39, 0.29) is 17.6 Å². The van der Waals surface area contributed by atoms with Gasteiger partial charge in [-0.3, -0.25) is 14.5 Å². The Morgan fingerprint density at radius 3 is 2.17 bits per heavy atom. The quantitative estimate of drug-likeness (QED) is 0.301. The van der Waals surface area contributed by atoms with Gasteiger partial charge in [0, 0.05) is 16.5 Å². The Balaban J connectivity index is 1.81. The smallest absolute Gasteiger partial charge is 0.268 e. The van der Waals surface area contributed by atoms with Crippen LogP contribution in [0.1, 0.15) is 51.0 Å². The molecule has 158 valence electrons. The number of nitrogens with zero attached hydrogens (tertiary/aromatic N) is 1. The van der Waals surface area contributed by atoms with Gasteiger partial charge in [-0.2, -0.15) is 0 Å². The van der Waals surface area contributed by atoms with Crippen LogP contribution in [0.4, 0.5) is 4.39 Å². The van der Waals surface area contributed by atoms with Gasteiger partial charge in [0.25, 0.3) is 11.8 Å². The molecular weight excluding hydrogens is 421 g/mol. The summed E-state index contributed by atoms with van der Waals surface area (Å²) >= 11 is 7.21. The summed E-state index contributed by atoms with van der Waals surface area (Å²) in [6, 6.07) is 12.8. The minimum atomic E-state index is -0.382. The second-order valence-corrected chi connectivity index (χ2v) is 8.82. The molecule has 1 heterocycles. The Bertz CT molecular complexity index is 925. The molecule has 1 aliphatic rings. The topological polar surface area (TPSA) is 37.4 Å². The lowest BCUT2D eigenvalue weighted by Crippen LogP contribution is -2.32. The summed E-state index contributed by atoms with van der Waals surface area (Å²) in [6.07, 6.45) is 6.45. The molecular formula is C24H25ClFNO2S. The molecule has 6 heteroatoms. The summed E-state index contributed by atoms with van der Waals surface area (Å²) in [5, 5.41) is 0.602. The van der Waals surface area contributed by atoms with Gasteiger partial charge in [0.1, 0.15) is 5.82 Å². The predicted octanol–water partition coefficient (Wildman–Crippen LogP) is 6.71. The molecule has 0 radical (unpaired) electrons. The first-order valence-electron chi connectivity index (χ1n) is 10.3. The minimum Gasteiger partial charge on any atom is -0.274 e. The zero-order valence-corrected chi connectivity index (χ0v) is 18.6. The monoisotopic (exact) mass is 445 g/mol. The third kappa shape index (κ3) is 5.52. The van der Waals surface area contributed by atoms with E-state index in [1.807, 2.05) is 12.1 Å². The van der Waals surface area contributed by atoms with E-state index in [0.29, 0.717) is 27.6 Å². The van der Waals surface area contributed by atoms with Crippen LogP contribution in [-0.2, 0) is 9.59 Å². The van der Waals surface area contributed by atoms with Crippen LogP contribution in [0.3, 0.4) is 0 Å². The van der Waals surface area contributed by atoms with E-state index in [0.717, 1.165) is 24.2 Å². The van der Waals surface area contributed by atoms with Crippen LogP contribution < -0.4 is 0 Å². The standard InChI is InChI=1S/C24H25ClFNO2S/c1-2-3-4-5-6-7-16-27-23(28)21(17-8-12-19(26)13-9-17)22(24(27)29)30-20-14-10-18(25)11-15-20/h8-15H,2-7,16H2,1H3. The van der Waals surface area contributed by atoms with Crippen molar-refractivity contribution in [3.05, 3.63) is 69.8 Å². The van der Waals surface area contributed by atoms with Gasteiger partial charge in [-0.25, -0.2) is 4.39 Å². The molecule has 3 nitrogen and oxygen atoms in total. The number of benzene rings is 2. The van der Waals surface area contributed by atoms with Gasteiger partial charge in [0.15, 0.2) is 0 Å². The third-order valence-corrected chi connectivity index (χ3v) is 6.37. The van der Waals surface area contributed by atoms with Crippen LogP contribution in [0, 0.1) is 5.82 Å². The van der Waals surface area contributed by atoms with Gasteiger partial charge >= 0.3 is 0 Å². The molecule has 2 aromatic carbocycles. The number of unbranched alkanes of at least 4 members (excludes halogenated alkanes) is 5. The molecule has 0 aromatic heterocycles. The molecule has 0 spiro atoms. The largest absolute Gasteiger partial charge is 0.274 e. The number of amides is 2. The van der Waals surface area contributed by atoms with Crippen molar-refractivity contribution in [3.8, 4) is 0 Å². The maximum atomic E-state index is 13.4. The SMILES string of the molecule is CCCCCCCCN1C(=O)C(Sc2ccc(Cl)cc2)=C(c2ccc(F)cc2)C1=O. The van der Waals surface area contributed by atoms with Gasteiger partial charge in [0.2, 0.25) is 0 Å². The summed E-state index contributed by atoms with van der Waals surface area (Å²) in [5.74, 6) is -0.976. The zero-order valence-electron chi connectivity index (χ0n) is 17.0. The van der Waals surface area contributed by atoms with Crippen molar-refractivity contribution in [2.24, 2.45) is 0 Å². The van der Waals surface area contributed by atoms with Gasteiger partial charge in [0.05, 0.1) is 10.5 Å². The maximum Gasteiger partial charge on any atom is 0.268 e. The first kappa shape index (κ1) is 22.6. The Labute approximate surface area is 186 Å². The van der Waals surface area contributed by atoms with Crippen molar-refractivity contribution in [3.63, 3.8) is 0 Å². The number of carbonyl (C=O) groups excluding carboxylic acids is 2. The number of hydrogen-bond donors (Lipinski definition) is 0. The van der Waals surface area contributed by atoms with Crippen molar-refractivity contribution in [1.29, 1.82) is 0 Å². The molecule has 0 bridgehead atoms. The molecule has 3 rings (SSSR count). The van der Waals surface area contributed by atoms with Gasteiger partial charge in [-0.05, 0) is 48.4 Å². The molecule has 2 aromatic rings. The minimum absolute atomic E-state index is 0.284. The average molecular weight is 446 g/mol. The van der Waals surface area contributed by atoms with E-state index in [1.54, 1.807) is 24.3 Å². The van der Waals surface area contributed by atoms with Gasteiger partial charge < -0.3 is 0 Å². The molecule has 0 aliphatic carbocycles. The summed E-state index contributed by atoms with van der Waals surface area (Å²) in [7, 11) is 0. The first-order chi connectivity index (χ1) is 14.5. The molecule has 0 saturated carbocycles. The van der Waals surface area contributed by atoms with Crippen LogP contribution in [0.2, 0.25) is 5.02 Å². The van der Waals surface area contributed by atoms with Gasteiger partial charge in [-0.15, -0.1) is 0 Å². The Kier molecular flexibility index (Phi) is 8.11. The lowest BCUT2D eigenvalue weighted by atomic mass is 10.1. The highest BCUT2D eigenvalue weighted by Gasteiger charge is 2.39. The fourth-order valence-corrected chi connectivity index (χ4v) is 4.53. The van der Waals surface area contributed by atoms with E-state index >= 15 is 0 Å². The molecule has 1 aliphatic heterocycles. The number of hydrogen-bond acceptors (Lipinski definition) is 3. The van der Waals surface area contributed by atoms with Crippen LogP contribution >= 0.6 is 23.4 Å². The third-order valence-electron chi connectivity index (χ3n) is 5.03. The summed E-state index contributed by atoms with van der Waals surface area (Å²) in [4.78, 5) is 28.8. The van der Waals surface area contributed by atoms with Crippen LogP contribution in [0.5, 0.6) is 0 Å². The lowest BCUT2D eigenvalue weighted by Gasteiger charge is -2.15. The van der Waals surface area contributed by atoms with Crippen LogP contribution in [0.25, 0.3) is 5.57 Å². The number of rotatable bonds is 10. The maximum absolute atomic E-state index is 13.4. The van der Waals surface area contributed by atoms with E-state index in [1.165, 1.54) is 48.1 Å². The number of thioether (sulfide) groups is 1. The Hall–Kier alpha value is -2.11. The van der Waals surface area contributed by atoms with Crippen molar-refractivity contribution in [2.75, 3.05) is 6.54 Å². The molecule has 0 atom stereocenters. The molecule has 0 unspecified atom stereocenters. The fourth-order valence-electron chi connectivity index (χ4n) is 3.39. The Morgan fingerprint density at radius 2 is 1.50 bits per heavy atom. The van der Waals surface area contributed by atoms with Crippen molar-refractivity contribution < 1.29 is 14.0 Å². The predicted molar refractivity (Wildman–Crippen MR) is 121 cm³/mol. The molecule has 0 saturated heterocycles. The summed E-state index contributed by atoms with van der Waals surface area (Å²) in [6.45, 7) is 2.57. The molecule has 2 amide bonds. The van der Waals surface area contributed by atoms with E-state index in [4.69, 9.17) is 11.6 Å². The number of halogens is 2. The van der Waals surface area contributed by atoms with E-state index in [2.05, 4.69) is 6.92 Å². The molecule has 0 fully saturated rings. The first-order valence-corrected chi connectivity index (χ1v) is 11.5. The van der Waals surface area contributed by atoms with Crippen molar-refractivity contribution in [1.82, 2.24) is 4.90 Å². The number of imide groups is 1. The molecule has 0 N–H and O–H groups in total. The average Bonchev–Trinajstić information content (AvgIpc) is 2.97. The highest BCUT2D eigenvalue weighted by molar-refractivity contribution is 8.04. The second-order valence-electron chi connectivity index (χ2n) is 7.30. The fraction of sp³-hybridized carbons (Fsp3) is 0.333. The van der Waals surface area contributed by atoms with E-state index in [9.17, 15) is 14.0 Å². The Morgan fingerprint density at radius 1 is 0.867 bits per heavy atom. The van der Waals surface area contributed by atoms with Crippen LogP contribution in [0.15, 0.2) is 58.3 Å². The highest BCUT2D eigenvalue weighted by atomic mass is 35.5. The summed E-state index contributed by atoms with van der Waals surface area (Å²) < 4.78 is 13.4. The van der Waals surface area contributed by atoms with E-state index < -0.39 is 0 Å². The van der Waals surface area contributed by atoms with Crippen LogP contribution in [-0.4, -0.2) is 23.3 Å². The van der Waals surface area contributed by atoms with Crippen molar-refractivity contribution in [2.45, 2.75) is 50.3 Å². The zero-order chi connectivity index (χ0) is 21.5. The van der Waals surface area contributed by atoms with Crippen molar-refractivity contribution >= 4 is 40.8 Å². The summed E-state index contributed by atoms with van der Waals surface area (Å²) in [5.41, 5.74) is 0.891. The highest BCUT2D eigenvalue weighted by Crippen LogP contribution is 2.40. The second kappa shape index (κ2) is 10.8.